The maximum absolute atomic E-state index is 9.90. The normalized spacial score (nSPS) is 24.4. The molecule has 0 spiro atoms. The van der Waals surface area contributed by atoms with Crippen molar-refractivity contribution >= 4 is 5.96 Å². The maximum atomic E-state index is 9.90. The average molecular weight is 346 g/mol. The van der Waals surface area contributed by atoms with E-state index in [0.29, 0.717) is 24.4 Å². The zero-order valence-electron chi connectivity index (χ0n) is 15.5. The van der Waals surface area contributed by atoms with Crippen molar-refractivity contribution in [2.24, 2.45) is 4.99 Å². The van der Waals surface area contributed by atoms with E-state index in [2.05, 4.69) is 34.4 Å². The first kappa shape index (κ1) is 17.9. The molecule has 0 aromatic heterocycles. The summed E-state index contributed by atoms with van der Waals surface area (Å²) in [5, 5.41) is 16.8. The molecule has 1 aliphatic carbocycles. The molecule has 1 aliphatic heterocycles. The lowest BCUT2D eigenvalue weighted by Crippen LogP contribution is -2.44. The monoisotopic (exact) mass is 346 g/mol. The molecule has 2 atom stereocenters. The minimum absolute atomic E-state index is 0.151. The van der Waals surface area contributed by atoms with Crippen LogP contribution in [0.3, 0.4) is 0 Å². The highest BCUT2D eigenvalue weighted by Crippen LogP contribution is 2.33. The van der Waals surface area contributed by atoms with Crippen molar-refractivity contribution in [3.05, 3.63) is 23.8 Å². The number of likely N-dealkylation sites (tertiary alicyclic amines) is 1. The minimum Gasteiger partial charge on any atom is -0.504 e. The molecule has 3 rings (SSSR count). The molecule has 1 saturated carbocycles. The molecule has 6 nitrogen and oxygen atoms in total. The van der Waals surface area contributed by atoms with Crippen LogP contribution < -0.4 is 15.4 Å². The highest BCUT2D eigenvalue weighted by Gasteiger charge is 2.38. The summed E-state index contributed by atoms with van der Waals surface area (Å²) in [6, 6.07) is 7.30. The van der Waals surface area contributed by atoms with E-state index < -0.39 is 0 Å². The number of hydrogen-bond donors (Lipinski definition) is 3. The Hall–Kier alpha value is -1.95. The summed E-state index contributed by atoms with van der Waals surface area (Å²) in [6.07, 6.45) is 3.86. The molecule has 1 saturated heterocycles. The lowest BCUT2D eigenvalue weighted by Gasteiger charge is -2.20. The smallest absolute Gasteiger partial charge is 0.191 e. The molecule has 138 valence electrons. The summed E-state index contributed by atoms with van der Waals surface area (Å²) < 4.78 is 5.08. The molecular weight excluding hydrogens is 316 g/mol. The minimum atomic E-state index is 0.151. The highest BCUT2D eigenvalue weighted by atomic mass is 16.5. The van der Waals surface area contributed by atoms with Crippen LogP contribution in [0.25, 0.3) is 0 Å². The number of ether oxygens (including phenoxy) is 1. The number of hydrogen-bond acceptors (Lipinski definition) is 4. The fourth-order valence-electron chi connectivity index (χ4n) is 3.59. The van der Waals surface area contributed by atoms with E-state index in [9.17, 15) is 5.11 Å². The molecule has 25 heavy (non-hydrogen) atoms. The van der Waals surface area contributed by atoms with Crippen molar-refractivity contribution < 1.29 is 9.84 Å². The van der Waals surface area contributed by atoms with E-state index in [1.54, 1.807) is 19.2 Å². The van der Waals surface area contributed by atoms with Crippen molar-refractivity contribution in [2.75, 3.05) is 20.2 Å². The Morgan fingerprint density at radius 1 is 1.40 bits per heavy atom. The van der Waals surface area contributed by atoms with E-state index >= 15 is 0 Å². The van der Waals surface area contributed by atoms with Crippen LogP contribution in [0.2, 0.25) is 0 Å². The van der Waals surface area contributed by atoms with Crippen LogP contribution in [0.4, 0.5) is 0 Å². The van der Waals surface area contributed by atoms with Gasteiger partial charge in [0.2, 0.25) is 0 Å². The Bertz CT molecular complexity index is 615. The molecule has 3 N–H and O–H groups in total. The van der Waals surface area contributed by atoms with Crippen LogP contribution in [0, 0.1) is 0 Å². The lowest BCUT2D eigenvalue weighted by atomic mass is 10.2. The first-order chi connectivity index (χ1) is 12.1. The Kier molecular flexibility index (Phi) is 5.68. The van der Waals surface area contributed by atoms with Gasteiger partial charge in [-0.2, -0.15) is 0 Å². The van der Waals surface area contributed by atoms with Gasteiger partial charge in [-0.15, -0.1) is 0 Å². The van der Waals surface area contributed by atoms with Crippen molar-refractivity contribution in [3.8, 4) is 11.5 Å². The number of aromatic hydroxyl groups is 1. The summed E-state index contributed by atoms with van der Waals surface area (Å²) in [7, 11) is 1.55. The van der Waals surface area contributed by atoms with Gasteiger partial charge < -0.3 is 20.5 Å². The summed E-state index contributed by atoms with van der Waals surface area (Å²) in [4.78, 5) is 7.31. The van der Waals surface area contributed by atoms with Gasteiger partial charge in [0.15, 0.2) is 17.5 Å². The molecular formula is C19H30N4O2. The first-order valence-electron chi connectivity index (χ1n) is 9.27. The van der Waals surface area contributed by atoms with Crippen molar-refractivity contribution in [1.29, 1.82) is 0 Å². The summed E-state index contributed by atoms with van der Waals surface area (Å²) in [5.41, 5.74) is 0.954. The number of rotatable bonds is 6. The third kappa shape index (κ3) is 4.57. The van der Waals surface area contributed by atoms with Gasteiger partial charge in [0, 0.05) is 31.2 Å². The topological polar surface area (TPSA) is 69.1 Å². The molecule has 2 aliphatic rings. The number of benzene rings is 1. The molecule has 2 fully saturated rings. The highest BCUT2D eigenvalue weighted by molar-refractivity contribution is 5.80. The SMILES string of the molecule is CCNC(=NCc1ccc(OC)c(O)c1)NC1CC(C)N(C2CC2)C1. The molecule has 0 radical (unpaired) electrons. The van der Waals surface area contributed by atoms with Crippen LogP contribution in [-0.2, 0) is 6.54 Å². The van der Waals surface area contributed by atoms with Gasteiger partial charge in [-0.1, -0.05) is 6.07 Å². The van der Waals surface area contributed by atoms with Crippen LogP contribution in [0.1, 0.15) is 38.7 Å². The van der Waals surface area contributed by atoms with Gasteiger partial charge in [0.1, 0.15) is 0 Å². The predicted octanol–water partition coefficient (Wildman–Crippen LogP) is 2.08. The number of phenolic OH excluding ortho intramolecular Hbond substituents is 1. The number of guanidine groups is 1. The summed E-state index contributed by atoms with van der Waals surface area (Å²) in [5.74, 6) is 1.48. The first-order valence-corrected chi connectivity index (χ1v) is 9.27. The third-order valence-corrected chi connectivity index (χ3v) is 4.99. The largest absolute Gasteiger partial charge is 0.504 e. The number of methoxy groups -OCH3 is 1. The van der Waals surface area contributed by atoms with Gasteiger partial charge >= 0.3 is 0 Å². The quantitative estimate of drug-likeness (QED) is 0.543. The molecule has 1 aromatic rings. The molecule has 2 unspecified atom stereocenters. The molecule has 1 heterocycles. The van der Waals surface area contributed by atoms with E-state index in [1.807, 2.05) is 6.07 Å². The van der Waals surface area contributed by atoms with Crippen molar-refractivity contribution in [3.63, 3.8) is 0 Å². The van der Waals surface area contributed by atoms with Gasteiger partial charge in [-0.3, -0.25) is 4.90 Å². The predicted molar refractivity (Wildman–Crippen MR) is 100 cm³/mol. The van der Waals surface area contributed by atoms with Crippen LogP contribution in [-0.4, -0.2) is 54.3 Å². The van der Waals surface area contributed by atoms with Crippen LogP contribution in [0.5, 0.6) is 11.5 Å². The summed E-state index contributed by atoms with van der Waals surface area (Å²) >= 11 is 0. The van der Waals surface area contributed by atoms with Gasteiger partial charge in [0.25, 0.3) is 0 Å². The van der Waals surface area contributed by atoms with E-state index in [-0.39, 0.29) is 5.75 Å². The second-order valence-electron chi connectivity index (χ2n) is 7.06. The van der Waals surface area contributed by atoms with Gasteiger partial charge in [-0.25, -0.2) is 4.99 Å². The van der Waals surface area contributed by atoms with E-state index in [0.717, 1.165) is 37.1 Å². The van der Waals surface area contributed by atoms with E-state index in [1.165, 1.54) is 12.8 Å². The molecule has 1 aromatic carbocycles. The Morgan fingerprint density at radius 3 is 2.84 bits per heavy atom. The molecule has 0 bridgehead atoms. The fraction of sp³-hybridized carbons (Fsp3) is 0.632. The van der Waals surface area contributed by atoms with Crippen LogP contribution in [0.15, 0.2) is 23.2 Å². The summed E-state index contributed by atoms with van der Waals surface area (Å²) in [6.45, 7) is 6.84. The lowest BCUT2D eigenvalue weighted by molar-refractivity contribution is 0.256. The Morgan fingerprint density at radius 2 is 2.20 bits per heavy atom. The zero-order chi connectivity index (χ0) is 17.8. The van der Waals surface area contributed by atoms with Crippen LogP contribution >= 0.6 is 0 Å². The van der Waals surface area contributed by atoms with Gasteiger partial charge in [-0.05, 0) is 50.8 Å². The maximum Gasteiger partial charge on any atom is 0.191 e. The second-order valence-corrected chi connectivity index (χ2v) is 7.06. The molecule has 0 amide bonds. The number of nitrogens with zero attached hydrogens (tertiary/aromatic N) is 2. The fourth-order valence-corrected chi connectivity index (χ4v) is 3.59. The average Bonchev–Trinajstić information content (AvgIpc) is 3.36. The van der Waals surface area contributed by atoms with Crippen molar-refractivity contribution in [2.45, 2.75) is 57.8 Å². The Balaban J connectivity index is 1.60. The number of phenols is 1. The standard InChI is InChI=1S/C19H30N4O2/c1-4-20-19(21-11-14-5-8-18(25-3)17(24)10-14)22-15-9-13(2)23(12-15)16-6-7-16/h5,8,10,13,15-16,24H,4,6-7,9,11-12H2,1-3H3,(H2,20,21,22). The van der Waals surface area contributed by atoms with E-state index in [4.69, 9.17) is 4.74 Å². The second kappa shape index (κ2) is 7.95. The zero-order valence-corrected chi connectivity index (χ0v) is 15.5. The Labute approximate surface area is 150 Å². The third-order valence-electron chi connectivity index (χ3n) is 4.99. The van der Waals surface area contributed by atoms with Crippen molar-refractivity contribution in [1.82, 2.24) is 15.5 Å². The number of aliphatic imine (C=N–C) groups is 1. The number of nitrogens with one attached hydrogen (secondary N) is 2. The molecule has 6 heteroatoms. The van der Waals surface area contributed by atoms with Gasteiger partial charge in [0.05, 0.1) is 13.7 Å².